The fourth-order valence-electron chi connectivity index (χ4n) is 2.35. The third kappa shape index (κ3) is 3.93. The van der Waals surface area contributed by atoms with Gasteiger partial charge >= 0.3 is 6.18 Å². The van der Waals surface area contributed by atoms with E-state index in [-0.39, 0.29) is 29.8 Å². The average Bonchev–Trinajstić information content (AvgIpc) is 3.29. The highest BCUT2D eigenvalue weighted by molar-refractivity contribution is 6.17. The van der Waals surface area contributed by atoms with E-state index < -0.39 is 30.2 Å². The number of carbonyl (C=O) groups excluding carboxylic acids is 2. The van der Waals surface area contributed by atoms with Crippen LogP contribution in [0.4, 0.5) is 18.9 Å². The third-order valence-corrected chi connectivity index (χ3v) is 3.67. The molecule has 0 atom stereocenters. The number of nitrogens with zero attached hydrogens (tertiary/aromatic N) is 1. The van der Waals surface area contributed by atoms with Gasteiger partial charge in [-0.15, -0.1) is 0 Å². The molecule has 0 unspecified atom stereocenters. The lowest BCUT2D eigenvalue weighted by Gasteiger charge is -2.16. The maximum Gasteiger partial charge on any atom is 0.416 e. The predicted molar refractivity (Wildman–Crippen MR) is 80.6 cm³/mol. The van der Waals surface area contributed by atoms with Crippen LogP contribution in [0.15, 0.2) is 30.0 Å². The molecule has 25 heavy (non-hydrogen) atoms. The number of β-amino-alcohol motifs (C(OH)–C–C–N with tert-alkyl or cyclic N) is 1. The van der Waals surface area contributed by atoms with Gasteiger partial charge in [-0.3, -0.25) is 14.5 Å². The number of aliphatic hydroxyl groups is 1. The summed E-state index contributed by atoms with van der Waals surface area (Å²) in [6.45, 7) is -0.584. The molecule has 2 N–H and O–H groups in total. The molecule has 0 bridgehead atoms. The van der Waals surface area contributed by atoms with Crippen LogP contribution in [0.1, 0.15) is 18.4 Å². The van der Waals surface area contributed by atoms with E-state index in [9.17, 15) is 22.8 Å². The van der Waals surface area contributed by atoms with Crippen LogP contribution in [0.3, 0.4) is 0 Å². The van der Waals surface area contributed by atoms with Crippen molar-refractivity contribution in [3.05, 3.63) is 35.5 Å². The smallest absolute Gasteiger partial charge is 0.416 e. The SMILES string of the molecule is O=C1C=C(Nc2cc(OC3CC3)cc(C(F)(F)F)c2)C(=O)N1CCO. The fraction of sp³-hybridized carbons (Fsp3) is 0.375. The van der Waals surface area contributed by atoms with Crippen molar-refractivity contribution in [2.45, 2.75) is 25.1 Å². The third-order valence-electron chi connectivity index (χ3n) is 3.67. The molecule has 1 aromatic carbocycles. The highest BCUT2D eigenvalue weighted by atomic mass is 19.4. The van der Waals surface area contributed by atoms with Gasteiger partial charge in [0.1, 0.15) is 11.4 Å². The molecular formula is C16H15F3N2O4. The molecule has 1 aromatic rings. The van der Waals surface area contributed by atoms with Crippen LogP contribution in [0.2, 0.25) is 0 Å². The number of hydrogen-bond acceptors (Lipinski definition) is 5. The molecule has 1 saturated carbocycles. The van der Waals surface area contributed by atoms with Crippen LogP contribution in [0.25, 0.3) is 0 Å². The zero-order chi connectivity index (χ0) is 18.2. The van der Waals surface area contributed by atoms with E-state index in [1.807, 2.05) is 0 Å². The molecule has 0 radical (unpaired) electrons. The Morgan fingerprint density at radius 1 is 1.24 bits per heavy atom. The summed E-state index contributed by atoms with van der Waals surface area (Å²) < 4.78 is 44.6. The topological polar surface area (TPSA) is 78.9 Å². The van der Waals surface area contributed by atoms with Gasteiger partial charge in [-0.1, -0.05) is 0 Å². The summed E-state index contributed by atoms with van der Waals surface area (Å²) in [4.78, 5) is 24.6. The van der Waals surface area contributed by atoms with E-state index >= 15 is 0 Å². The van der Waals surface area contributed by atoms with Crippen molar-refractivity contribution >= 4 is 17.5 Å². The van der Waals surface area contributed by atoms with Crippen LogP contribution in [-0.4, -0.2) is 41.1 Å². The Balaban J connectivity index is 1.85. The molecule has 1 fully saturated rings. The fourth-order valence-corrected chi connectivity index (χ4v) is 2.35. The highest BCUT2D eigenvalue weighted by Crippen LogP contribution is 2.36. The van der Waals surface area contributed by atoms with Gasteiger partial charge in [0.25, 0.3) is 11.8 Å². The summed E-state index contributed by atoms with van der Waals surface area (Å²) in [6.07, 6.45) is -2.11. The number of ether oxygens (including phenoxy) is 1. The first-order valence-electron chi connectivity index (χ1n) is 7.62. The summed E-state index contributed by atoms with van der Waals surface area (Å²) in [5, 5.41) is 11.4. The number of rotatable bonds is 6. The number of nitrogens with one attached hydrogen (secondary N) is 1. The summed E-state index contributed by atoms with van der Waals surface area (Å²) in [5.41, 5.74) is -1.09. The van der Waals surface area contributed by atoms with Gasteiger partial charge < -0.3 is 15.2 Å². The first-order chi connectivity index (χ1) is 11.8. The molecule has 1 aliphatic carbocycles. The van der Waals surface area contributed by atoms with Gasteiger partial charge in [-0.25, -0.2) is 0 Å². The molecule has 0 spiro atoms. The molecular weight excluding hydrogens is 341 g/mol. The van der Waals surface area contributed by atoms with Crippen molar-refractivity contribution < 1.29 is 32.6 Å². The minimum Gasteiger partial charge on any atom is -0.490 e. The second-order valence-corrected chi connectivity index (χ2v) is 5.76. The first kappa shape index (κ1) is 17.3. The van der Waals surface area contributed by atoms with Gasteiger partial charge in [0.2, 0.25) is 0 Å². The maximum absolute atomic E-state index is 13.1. The normalized spacial score (nSPS) is 17.8. The van der Waals surface area contributed by atoms with Crippen LogP contribution in [0.5, 0.6) is 5.75 Å². The molecule has 0 saturated heterocycles. The Morgan fingerprint density at radius 2 is 1.96 bits per heavy atom. The highest BCUT2D eigenvalue weighted by Gasteiger charge is 2.34. The van der Waals surface area contributed by atoms with Gasteiger partial charge in [-0.2, -0.15) is 13.2 Å². The van der Waals surface area contributed by atoms with Crippen LogP contribution < -0.4 is 10.1 Å². The van der Waals surface area contributed by atoms with E-state index in [1.54, 1.807) is 0 Å². The lowest BCUT2D eigenvalue weighted by molar-refractivity contribution is -0.138. The second kappa shape index (κ2) is 6.40. The maximum atomic E-state index is 13.1. The van der Waals surface area contributed by atoms with Crippen LogP contribution in [-0.2, 0) is 15.8 Å². The van der Waals surface area contributed by atoms with Crippen molar-refractivity contribution in [1.82, 2.24) is 4.90 Å². The van der Waals surface area contributed by atoms with Gasteiger partial charge in [-0.05, 0) is 25.0 Å². The number of anilines is 1. The summed E-state index contributed by atoms with van der Waals surface area (Å²) in [5.74, 6) is -1.30. The van der Waals surface area contributed by atoms with Gasteiger partial charge in [0, 0.05) is 17.8 Å². The van der Waals surface area contributed by atoms with E-state index in [0.29, 0.717) is 0 Å². The number of imide groups is 1. The van der Waals surface area contributed by atoms with Crippen molar-refractivity contribution in [3.8, 4) is 5.75 Å². The zero-order valence-electron chi connectivity index (χ0n) is 13.0. The van der Waals surface area contributed by atoms with E-state index in [0.717, 1.165) is 36.0 Å². The van der Waals surface area contributed by atoms with Crippen LogP contribution >= 0.6 is 0 Å². The number of carbonyl (C=O) groups is 2. The lowest BCUT2D eigenvalue weighted by atomic mass is 10.1. The van der Waals surface area contributed by atoms with E-state index in [4.69, 9.17) is 9.84 Å². The number of halogens is 3. The molecule has 9 heteroatoms. The summed E-state index contributed by atoms with van der Waals surface area (Å²) >= 11 is 0. The first-order valence-corrected chi connectivity index (χ1v) is 7.62. The standard InChI is InChI=1S/C16H15F3N2O4/c17-16(18,19)9-5-10(7-12(6-9)25-11-1-2-11)20-13-8-14(23)21(3-4-22)15(13)24/h5-8,11,20,22H,1-4H2. The minimum atomic E-state index is -4.58. The van der Waals surface area contributed by atoms with Gasteiger partial charge in [0.05, 0.1) is 24.8 Å². The largest absolute Gasteiger partial charge is 0.490 e. The average molecular weight is 356 g/mol. The lowest BCUT2D eigenvalue weighted by Crippen LogP contribution is -2.34. The number of hydrogen-bond donors (Lipinski definition) is 2. The van der Waals surface area contributed by atoms with E-state index in [2.05, 4.69) is 5.32 Å². The Kier molecular flexibility index (Phi) is 4.42. The number of alkyl halides is 3. The molecule has 134 valence electrons. The Bertz CT molecular complexity index is 741. The molecule has 0 aromatic heterocycles. The molecule has 2 amide bonds. The molecule has 1 aliphatic heterocycles. The molecule has 3 rings (SSSR count). The molecule has 1 heterocycles. The number of amides is 2. The van der Waals surface area contributed by atoms with E-state index in [1.165, 1.54) is 6.07 Å². The number of benzene rings is 1. The monoisotopic (exact) mass is 356 g/mol. The second-order valence-electron chi connectivity index (χ2n) is 5.76. The summed E-state index contributed by atoms with van der Waals surface area (Å²) in [7, 11) is 0. The van der Waals surface area contributed by atoms with Crippen molar-refractivity contribution in [2.75, 3.05) is 18.5 Å². The minimum absolute atomic E-state index is 0.0104. The summed E-state index contributed by atoms with van der Waals surface area (Å²) in [6, 6.07) is 3.09. The van der Waals surface area contributed by atoms with Crippen LogP contribution in [0, 0.1) is 0 Å². The predicted octanol–water partition coefficient (Wildman–Crippen LogP) is 1.90. The zero-order valence-corrected chi connectivity index (χ0v) is 13.0. The van der Waals surface area contributed by atoms with Crippen molar-refractivity contribution in [2.24, 2.45) is 0 Å². The number of aliphatic hydroxyl groups excluding tert-OH is 1. The Morgan fingerprint density at radius 3 is 2.56 bits per heavy atom. The Hall–Kier alpha value is -2.55. The Labute approximate surface area is 140 Å². The van der Waals surface area contributed by atoms with Crippen molar-refractivity contribution in [3.63, 3.8) is 0 Å². The molecule has 6 nitrogen and oxygen atoms in total. The van der Waals surface area contributed by atoms with Crippen molar-refractivity contribution in [1.29, 1.82) is 0 Å². The quantitative estimate of drug-likeness (QED) is 0.762. The molecule has 2 aliphatic rings. The van der Waals surface area contributed by atoms with Gasteiger partial charge in [0.15, 0.2) is 0 Å².